The molecule has 0 saturated carbocycles. The number of para-hydroxylation sites is 2. The van der Waals surface area contributed by atoms with E-state index in [9.17, 15) is 0 Å². The highest BCUT2D eigenvalue weighted by molar-refractivity contribution is 5.77. The van der Waals surface area contributed by atoms with Gasteiger partial charge in [0.1, 0.15) is 0 Å². The lowest BCUT2D eigenvalue weighted by Gasteiger charge is -1.88. The molecular formula is C12H8N2. The highest BCUT2D eigenvalue weighted by Gasteiger charge is 2.02. The van der Waals surface area contributed by atoms with E-state index in [1.54, 1.807) is 0 Å². The largest absolute Gasteiger partial charge is 0.254 e. The molecule has 0 N–H and O–H groups in total. The predicted molar refractivity (Wildman–Crippen MR) is 56.2 cm³/mol. The Kier molecular flexibility index (Phi) is 1.47. The van der Waals surface area contributed by atoms with Gasteiger partial charge < -0.3 is 0 Å². The van der Waals surface area contributed by atoms with Crippen molar-refractivity contribution in [2.45, 2.75) is 0 Å². The standard InChI is InChI=1S/C12H8N2/c1-2-6-12-11(5-1)13-8-9-4-3-7-10(9)14-12/h1-8H. The maximum atomic E-state index is 4.54. The molecule has 0 radical (unpaired) electrons. The average Bonchev–Trinajstić information content (AvgIpc) is 2.58. The molecule has 2 aliphatic rings. The number of aromatic nitrogens is 2. The summed E-state index contributed by atoms with van der Waals surface area (Å²) in [6, 6.07) is 13.9. The lowest BCUT2D eigenvalue weighted by atomic mass is 10.3. The van der Waals surface area contributed by atoms with Gasteiger partial charge in [-0.25, -0.2) is 4.98 Å². The van der Waals surface area contributed by atoms with Crippen molar-refractivity contribution in [1.82, 2.24) is 9.97 Å². The molecule has 3 rings (SSSR count). The van der Waals surface area contributed by atoms with Gasteiger partial charge in [0.25, 0.3) is 0 Å². The number of fused-ring (bicyclic) bond motifs is 2. The summed E-state index contributed by atoms with van der Waals surface area (Å²) in [4.78, 5) is 8.92. The zero-order chi connectivity index (χ0) is 9.38. The van der Waals surface area contributed by atoms with E-state index in [4.69, 9.17) is 0 Å². The van der Waals surface area contributed by atoms with E-state index in [2.05, 4.69) is 9.97 Å². The molecule has 0 spiro atoms. The van der Waals surface area contributed by atoms with Gasteiger partial charge in [0.05, 0.1) is 16.7 Å². The minimum atomic E-state index is 0.934. The SMILES string of the molecule is c1cc2cnc3ccccc3nc-2c1. The van der Waals surface area contributed by atoms with E-state index in [0.29, 0.717) is 0 Å². The molecule has 0 unspecified atom stereocenters. The number of benzene rings is 1. The molecule has 14 heavy (non-hydrogen) atoms. The molecule has 0 aromatic heterocycles. The van der Waals surface area contributed by atoms with Crippen LogP contribution in [0.1, 0.15) is 0 Å². The van der Waals surface area contributed by atoms with Crippen LogP contribution < -0.4 is 0 Å². The Morgan fingerprint density at radius 1 is 0.786 bits per heavy atom. The van der Waals surface area contributed by atoms with E-state index in [1.165, 1.54) is 0 Å². The highest BCUT2D eigenvalue weighted by atomic mass is 14.8. The van der Waals surface area contributed by atoms with Gasteiger partial charge in [-0.2, -0.15) is 0 Å². The second kappa shape index (κ2) is 2.77. The molecule has 0 bridgehead atoms. The minimum Gasteiger partial charge on any atom is -0.254 e. The van der Waals surface area contributed by atoms with Crippen LogP contribution in [0.3, 0.4) is 0 Å². The molecule has 1 aromatic rings. The van der Waals surface area contributed by atoms with E-state index in [-0.39, 0.29) is 0 Å². The van der Waals surface area contributed by atoms with Gasteiger partial charge in [-0.3, -0.25) is 4.98 Å². The quantitative estimate of drug-likeness (QED) is 0.531. The van der Waals surface area contributed by atoms with E-state index < -0.39 is 0 Å². The second-order valence-corrected chi connectivity index (χ2v) is 3.23. The molecule has 0 amide bonds. The van der Waals surface area contributed by atoms with Gasteiger partial charge >= 0.3 is 0 Å². The molecule has 0 fully saturated rings. The number of hydrogen-bond donors (Lipinski definition) is 0. The highest BCUT2D eigenvalue weighted by Crippen LogP contribution is 2.20. The monoisotopic (exact) mass is 180 g/mol. The van der Waals surface area contributed by atoms with Gasteiger partial charge in [-0.05, 0) is 18.2 Å². The lowest BCUT2D eigenvalue weighted by molar-refractivity contribution is 1.44. The maximum Gasteiger partial charge on any atom is 0.0893 e. The Balaban J connectivity index is 2.48. The summed E-state index contributed by atoms with van der Waals surface area (Å²) in [6.45, 7) is 0. The Bertz CT molecular complexity index is 560. The number of hydrogen-bond acceptors (Lipinski definition) is 2. The summed E-state index contributed by atoms with van der Waals surface area (Å²) in [6.07, 6.45) is 1.87. The Morgan fingerprint density at radius 2 is 1.64 bits per heavy atom. The first kappa shape index (κ1) is 7.44. The normalized spacial score (nSPS) is 10.9. The topological polar surface area (TPSA) is 25.8 Å². The van der Waals surface area contributed by atoms with Crippen molar-refractivity contribution in [1.29, 1.82) is 0 Å². The summed E-state index contributed by atoms with van der Waals surface area (Å²) in [5.74, 6) is 0. The van der Waals surface area contributed by atoms with Crippen LogP contribution in [0.15, 0.2) is 48.7 Å². The van der Waals surface area contributed by atoms with Gasteiger partial charge in [-0.15, -0.1) is 0 Å². The van der Waals surface area contributed by atoms with Gasteiger partial charge in [0.15, 0.2) is 0 Å². The lowest BCUT2D eigenvalue weighted by Crippen LogP contribution is -1.74. The summed E-state index contributed by atoms with van der Waals surface area (Å²) < 4.78 is 0. The van der Waals surface area contributed by atoms with Crippen LogP contribution in [0.5, 0.6) is 0 Å². The fourth-order valence-electron chi connectivity index (χ4n) is 1.57. The summed E-state index contributed by atoms with van der Waals surface area (Å²) in [5.41, 5.74) is 3.96. The third kappa shape index (κ3) is 1.04. The van der Waals surface area contributed by atoms with Crippen molar-refractivity contribution < 1.29 is 0 Å². The molecule has 1 aliphatic heterocycles. The Labute approximate surface area is 81.6 Å². The van der Waals surface area contributed by atoms with E-state index in [1.807, 2.05) is 48.7 Å². The van der Waals surface area contributed by atoms with Crippen LogP contribution in [0, 0.1) is 0 Å². The molecule has 0 saturated heterocycles. The third-order valence-electron chi connectivity index (χ3n) is 2.29. The van der Waals surface area contributed by atoms with Crippen LogP contribution >= 0.6 is 0 Å². The van der Waals surface area contributed by atoms with Crippen molar-refractivity contribution >= 4 is 11.0 Å². The van der Waals surface area contributed by atoms with Gasteiger partial charge in [-0.1, -0.05) is 24.3 Å². The number of rotatable bonds is 0. The molecule has 1 heterocycles. The fraction of sp³-hybridized carbons (Fsp3) is 0. The fourth-order valence-corrected chi connectivity index (χ4v) is 1.57. The molecule has 66 valence electrons. The molecule has 2 heteroatoms. The van der Waals surface area contributed by atoms with Crippen LogP contribution in [-0.4, -0.2) is 9.97 Å². The molecule has 1 aromatic carbocycles. The van der Waals surface area contributed by atoms with Crippen LogP contribution in [0.4, 0.5) is 0 Å². The van der Waals surface area contributed by atoms with Crippen molar-refractivity contribution in [3.8, 4) is 11.3 Å². The first-order valence-electron chi connectivity index (χ1n) is 4.54. The molecular weight excluding hydrogens is 172 g/mol. The van der Waals surface area contributed by atoms with Crippen molar-refractivity contribution in [3.05, 3.63) is 48.7 Å². The van der Waals surface area contributed by atoms with Gasteiger partial charge in [0, 0.05) is 11.8 Å². The third-order valence-corrected chi connectivity index (χ3v) is 2.29. The minimum absolute atomic E-state index is 0.934. The zero-order valence-electron chi connectivity index (χ0n) is 7.51. The van der Waals surface area contributed by atoms with E-state index in [0.717, 1.165) is 22.3 Å². The average molecular weight is 180 g/mol. The van der Waals surface area contributed by atoms with Crippen LogP contribution in [0.2, 0.25) is 0 Å². The molecule has 1 aliphatic carbocycles. The van der Waals surface area contributed by atoms with Crippen molar-refractivity contribution in [2.75, 3.05) is 0 Å². The van der Waals surface area contributed by atoms with Crippen molar-refractivity contribution in [3.63, 3.8) is 0 Å². The predicted octanol–water partition coefficient (Wildman–Crippen LogP) is 2.73. The first-order valence-corrected chi connectivity index (χ1v) is 4.54. The van der Waals surface area contributed by atoms with Crippen molar-refractivity contribution in [2.24, 2.45) is 0 Å². The summed E-state index contributed by atoms with van der Waals surface area (Å²) in [7, 11) is 0. The van der Waals surface area contributed by atoms with E-state index >= 15 is 0 Å². The number of nitrogens with zero attached hydrogens (tertiary/aromatic N) is 2. The maximum absolute atomic E-state index is 4.54. The Hall–Kier alpha value is -1.96. The smallest absolute Gasteiger partial charge is 0.0893 e. The Morgan fingerprint density at radius 3 is 2.57 bits per heavy atom. The second-order valence-electron chi connectivity index (χ2n) is 3.23. The summed E-state index contributed by atoms with van der Waals surface area (Å²) >= 11 is 0. The van der Waals surface area contributed by atoms with Crippen LogP contribution in [-0.2, 0) is 0 Å². The van der Waals surface area contributed by atoms with Gasteiger partial charge in [0.2, 0.25) is 0 Å². The molecule has 0 atom stereocenters. The zero-order valence-corrected chi connectivity index (χ0v) is 7.51. The molecule has 2 nitrogen and oxygen atoms in total. The first-order chi connectivity index (χ1) is 6.93. The summed E-state index contributed by atoms with van der Waals surface area (Å²) in [5, 5.41) is 0. The van der Waals surface area contributed by atoms with Crippen LogP contribution in [0.25, 0.3) is 22.3 Å².